The standard InChI is InChI=1S/C15H20ClN3O2/c1-4-17-7-11-5-13(16)15(14(6-11)20-3)21-9-12-8-18-10-19(12)2/h5-6,8,10,17H,4,7,9H2,1-3H3. The van der Waals surface area contributed by atoms with Crippen LogP contribution in [-0.4, -0.2) is 23.2 Å². The Balaban J connectivity index is 2.16. The summed E-state index contributed by atoms with van der Waals surface area (Å²) in [6, 6.07) is 3.83. The molecule has 2 rings (SSSR count). The van der Waals surface area contributed by atoms with Crippen molar-refractivity contribution in [2.45, 2.75) is 20.1 Å². The van der Waals surface area contributed by atoms with Gasteiger partial charge in [0.25, 0.3) is 0 Å². The number of halogens is 1. The first kappa shape index (κ1) is 15.7. The van der Waals surface area contributed by atoms with Crippen molar-refractivity contribution in [3.05, 3.63) is 40.9 Å². The molecule has 0 aliphatic heterocycles. The zero-order valence-electron chi connectivity index (χ0n) is 12.5. The maximum absolute atomic E-state index is 6.32. The Morgan fingerprint density at radius 3 is 2.81 bits per heavy atom. The van der Waals surface area contributed by atoms with Crippen molar-refractivity contribution < 1.29 is 9.47 Å². The van der Waals surface area contributed by atoms with E-state index in [1.54, 1.807) is 19.6 Å². The molecule has 1 aromatic carbocycles. The number of nitrogens with zero attached hydrogens (tertiary/aromatic N) is 2. The molecule has 1 heterocycles. The third-order valence-corrected chi connectivity index (χ3v) is 3.43. The molecule has 114 valence electrons. The summed E-state index contributed by atoms with van der Waals surface area (Å²) in [7, 11) is 3.53. The van der Waals surface area contributed by atoms with Crippen molar-refractivity contribution >= 4 is 11.6 Å². The molecule has 0 aliphatic rings. The van der Waals surface area contributed by atoms with Crippen molar-refractivity contribution in [2.75, 3.05) is 13.7 Å². The number of benzene rings is 1. The van der Waals surface area contributed by atoms with Crippen LogP contribution in [0.3, 0.4) is 0 Å². The predicted molar refractivity (Wildman–Crippen MR) is 82.9 cm³/mol. The first-order valence-corrected chi connectivity index (χ1v) is 7.18. The van der Waals surface area contributed by atoms with E-state index in [4.69, 9.17) is 21.1 Å². The Bertz CT molecular complexity index is 599. The van der Waals surface area contributed by atoms with Crippen molar-refractivity contribution in [3.8, 4) is 11.5 Å². The quantitative estimate of drug-likeness (QED) is 0.854. The monoisotopic (exact) mass is 309 g/mol. The largest absolute Gasteiger partial charge is 0.493 e. The van der Waals surface area contributed by atoms with Gasteiger partial charge in [-0.2, -0.15) is 0 Å². The van der Waals surface area contributed by atoms with Gasteiger partial charge in [0, 0.05) is 13.6 Å². The summed E-state index contributed by atoms with van der Waals surface area (Å²) < 4.78 is 13.1. The Kier molecular flexibility index (Phi) is 5.47. The zero-order valence-corrected chi connectivity index (χ0v) is 13.3. The van der Waals surface area contributed by atoms with E-state index in [1.165, 1.54) is 0 Å². The number of methoxy groups -OCH3 is 1. The summed E-state index contributed by atoms with van der Waals surface area (Å²) in [5, 5.41) is 3.80. The number of aryl methyl sites for hydroxylation is 1. The van der Waals surface area contributed by atoms with E-state index < -0.39 is 0 Å². The molecule has 1 N–H and O–H groups in total. The Hall–Kier alpha value is -1.72. The van der Waals surface area contributed by atoms with Crippen LogP contribution in [0.1, 0.15) is 18.2 Å². The van der Waals surface area contributed by atoms with Crippen LogP contribution in [0.25, 0.3) is 0 Å². The fraction of sp³-hybridized carbons (Fsp3) is 0.400. The highest BCUT2D eigenvalue weighted by Crippen LogP contribution is 2.36. The van der Waals surface area contributed by atoms with Gasteiger partial charge in [-0.3, -0.25) is 0 Å². The molecule has 0 radical (unpaired) electrons. The van der Waals surface area contributed by atoms with Crippen molar-refractivity contribution in [1.82, 2.24) is 14.9 Å². The Morgan fingerprint density at radius 2 is 2.19 bits per heavy atom. The molecule has 6 heteroatoms. The number of aromatic nitrogens is 2. The lowest BCUT2D eigenvalue weighted by Gasteiger charge is -2.14. The first-order chi connectivity index (χ1) is 10.2. The lowest BCUT2D eigenvalue weighted by atomic mass is 10.2. The first-order valence-electron chi connectivity index (χ1n) is 6.80. The Morgan fingerprint density at radius 1 is 1.38 bits per heavy atom. The fourth-order valence-corrected chi connectivity index (χ4v) is 2.24. The lowest BCUT2D eigenvalue weighted by Crippen LogP contribution is -2.12. The lowest BCUT2D eigenvalue weighted by molar-refractivity contribution is 0.277. The fourth-order valence-electron chi connectivity index (χ4n) is 1.95. The molecule has 0 spiro atoms. The van der Waals surface area contributed by atoms with Crippen LogP contribution in [0.4, 0.5) is 0 Å². The van der Waals surface area contributed by atoms with Gasteiger partial charge >= 0.3 is 0 Å². The van der Waals surface area contributed by atoms with Gasteiger partial charge in [0.2, 0.25) is 0 Å². The smallest absolute Gasteiger partial charge is 0.180 e. The van der Waals surface area contributed by atoms with Crippen LogP contribution in [-0.2, 0) is 20.2 Å². The molecule has 2 aromatic rings. The number of nitrogens with one attached hydrogen (secondary N) is 1. The van der Waals surface area contributed by atoms with E-state index in [0.29, 0.717) is 23.1 Å². The summed E-state index contributed by atoms with van der Waals surface area (Å²) in [6.45, 7) is 4.09. The average Bonchev–Trinajstić information content (AvgIpc) is 2.88. The second-order valence-corrected chi connectivity index (χ2v) is 5.08. The van der Waals surface area contributed by atoms with E-state index in [-0.39, 0.29) is 0 Å². The van der Waals surface area contributed by atoms with E-state index in [0.717, 1.165) is 24.3 Å². The van der Waals surface area contributed by atoms with Crippen LogP contribution >= 0.6 is 11.6 Å². The van der Waals surface area contributed by atoms with E-state index in [1.807, 2.05) is 23.7 Å². The average molecular weight is 310 g/mol. The highest BCUT2D eigenvalue weighted by atomic mass is 35.5. The maximum atomic E-state index is 6.32. The van der Waals surface area contributed by atoms with Crippen molar-refractivity contribution in [3.63, 3.8) is 0 Å². The van der Waals surface area contributed by atoms with E-state index in [2.05, 4.69) is 17.2 Å². The molecule has 0 aliphatic carbocycles. The molecule has 0 bridgehead atoms. The van der Waals surface area contributed by atoms with Crippen LogP contribution < -0.4 is 14.8 Å². The zero-order chi connectivity index (χ0) is 15.2. The highest BCUT2D eigenvalue weighted by Gasteiger charge is 2.13. The normalized spacial score (nSPS) is 10.7. The Labute approximate surface area is 129 Å². The summed E-state index contributed by atoms with van der Waals surface area (Å²) in [5.41, 5.74) is 2.02. The van der Waals surface area contributed by atoms with Gasteiger partial charge in [0.1, 0.15) is 6.61 Å². The molecule has 0 unspecified atom stereocenters. The second-order valence-electron chi connectivity index (χ2n) is 4.67. The SMILES string of the molecule is CCNCc1cc(Cl)c(OCc2cncn2C)c(OC)c1. The van der Waals surface area contributed by atoms with Gasteiger partial charge in [-0.1, -0.05) is 18.5 Å². The molecule has 0 saturated carbocycles. The number of hydrogen-bond acceptors (Lipinski definition) is 4. The van der Waals surface area contributed by atoms with Gasteiger partial charge in [0.15, 0.2) is 11.5 Å². The van der Waals surface area contributed by atoms with Gasteiger partial charge in [-0.25, -0.2) is 4.98 Å². The number of ether oxygens (including phenoxy) is 2. The molecule has 0 atom stereocenters. The van der Waals surface area contributed by atoms with Crippen LogP contribution in [0, 0.1) is 0 Å². The van der Waals surface area contributed by atoms with Crippen molar-refractivity contribution in [2.24, 2.45) is 7.05 Å². The van der Waals surface area contributed by atoms with Crippen LogP contribution in [0.15, 0.2) is 24.7 Å². The molecular formula is C15H20ClN3O2. The van der Waals surface area contributed by atoms with E-state index in [9.17, 15) is 0 Å². The molecule has 5 nitrogen and oxygen atoms in total. The maximum Gasteiger partial charge on any atom is 0.180 e. The minimum Gasteiger partial charge on any atom is -0.493 e. The molecular weight excluding hydrogens is 290 g/mol. The minimum absolute atomic E-state index is 0.388. The van der Waals surface area contributed by atoms with Gasteiger partial charge < -0.3 is 19.4 Å². The third-order valence-electron chi connectivity index (χ3n) is 3.15. The summed E-state index contributed by atoms with van der Waals surface area (Å²) in [5.74, 6) is 1.19. The summed E-state index contributed by atoms with van der Waals surface area (Å²) in [6.07, 6.45) is 3.50. The van der Waals surface area contributed by atoms with Crippen molar-refractivity contribution in [1.29, 1.82) is 0 Å². The third kappa shape index (κ3) is 3.89. The summed E-state index contributed by atoms with van der Waals surface area (Å²) in [4.78, 5) is 4.06. The van der Waals surface area contributed by atoms with E-state index >= 15 is 0 Å². The second kappa shape index (κ2) is 7.33. The molecule has 1 aromatic heterocycles. The van der Waals surface area contributed by atoms with Gasteiger partial charge in [0.05, 0.1) is 30.4 Å². The number of hydrogen-bond donors (Lipinski definition) is 1. The predicted octanol–water partition coefficient (Wildman–Crippen LogP) is 2.77. The molecule has 0 saturated heterocycles. The van der Waals surface area contributed by atoms with Crippen LogP contribution in [0.5, 0.6) is 11.5 Å². The highest BCUT2D eigenvalue weighted by molar-refractivity contribution is 6.32. The molecule has 0 amide bonds. The topological polar surface area (TPSA) is 48.3 Å². The molecule has 21 heavy (non-hydrogen) atoms. The van der Waals surface area contributed by atoms with Gasteiger partial charge in [-0.15, -0.1) is 0 Å². The number of rotatable bonds is 7. The molecule has 0 fully saturated rings. The summed E-state index contributed by atoms with van der Waals surface area (Å²) >= 11 is 6.32. The number of imidazole rings is 1. The minimum atomic E-state index is 0.388. The van der Waals surface area contributed by atoms with Gasteiger partial charge in [-0.05, 0) is 24.2 Å². The van der Waals surface area contributed by atoms with Crippen LogP contribution in [0.2, 0.25) is 5.02 Å².